The zero-order chi connectivity index (χ0) is 14.5. The van der Waals surface area contributed by atoms with Crippen LogP contribution in [0, 0.1) is 11.8 Å². The Balaban J connectivity index is 1.58. The number of epoxide rings is 1. The van der Waals surface area contributed by atoms with Crippen LogP contribution in [-0.4, -0.2) is 36.2 Å². The normalized spacial score (nSPS) is 42.5. The highest BCUT2D eigenvalue weighted by atomic mass is 35.5. The lowest BCUT2D eigenvalue weighted by Gasteiger charge is -2.18. The molecule has 4 aliphatic heterocycles. The van der Waals surface area contributed by atoms with Gasteiger partial charge in [0.25, 0.3) is 0 Å². The van der Waals surface area contributed by atoms with Gasteiger partial charge in [0.05, 0.1) is 29.7 Å². The molecule has 5 rings (SSSR count). The minimum atomic E-state index is -0.441. The Kier molecular flexibility index (Phi) is 2.24. The van der Waals surface area contributed by atoms with Gasteiger partial charge in [-0.3, -0.25) is 9.59 Å². The van der Waals surface area contributed by atoms with Crippen molar-refractivity contribution in [2.75, 3.05) is 4.90 Å². The second kappa shape index (κ2) is 3.79. The molecule has 7 heteroatoms. The number of hydrogen-bond acceptors (Lipinski definition) is 4. The van der Waals surface area contributed by atoms with Crippen molar-refractivity contribution in [3.8, 4) is 0 Å². The molecule has 0 spiro atoms. The maximum Gasteiger partial charge on any atom is 0.240 e. The van der Waals surface area contributed by atoms with Crippen LogP contribution in [-0.2, 0) is 19.1 Å². The molecule has 21 heavy (non-hydrogen) atoms. The fraction of sp³-hybridized carbons (Fsp3) is 0.429. The average Bonchev–Trinajstić information content (AvgIpc) is 2.92. The van der Waals surface area contributed by atoms with E-state index in [0.717, 1.165) is 0 Å². The van der Waals surface area contributed by atoms with Crippen LogP contribution >= 0.6 is 23.2 Å². The van der Waals surface area contributed by atoms with Gasteiger partial charge in [0.1, 0.15) is 12.2 Å². The molecular formula is C14H9Cl2NO4. The largest absolute Gasteiger partial charge is 0.368 e. The molecule has 0 radical (unpaired) electrons. The van der Waals surface area contributed by atoms with Crippen LogP contribution in [0.3, 0.4) is 0 Å². The summed E-state index contributed by atoms with van der Waals surface area (Å²) in [6.07, 6.45) is -0.617. The third-order valence-corrected chi connectivity index (χ3v) is 5.17. The summed E-state index contributed by atoms with van der Waals surface area (Å²) < 4.78 is 11.2. The summed E-state index contributed by atoms with van der Waals surface area (Å²) in [4.78, 5) is 26.5. The van der Waals surface area contributed by atoms with Gasteiger partial charge in [0.15, 0.2) is 0 Å². The van der Waals surface area contributed by atoms with Gasteiger partial charge in [0, 0.05) is 10.0 Å². The molecule has 0 aromatic heterocycles. The van der Waals surface area contributed by atoms with Crippen LogP contribution in [0.2, 0.25) is 10.0 Å². The van der Waals surface area contributed by atoms with Gasteiger partial charge in [-0.05, 0) is 18.2 Å². The number of carbonyl (C=O) groups is 2. The number of ether oxygens (including phenoxy) is 2. The van der Waals surface area contributed by atoms with Crippen LogP contribution < -0.4 is 4.90 Å². The van der Waals surface area contributed by atoms with Gasteiger partial charge in [-0.15, -0.1) is 0 Å². The second-order valence-electron chi connectivity index (χ2n) is 5.82. The molecule has 6 atom stereocenters. The highest BCUT2D eigenvalue weighted by molar-refractivity contribution is 6.35. The first-order valence-electron chi connectivity index (χ1n) is 6.71. The van der Waals surface area contributed by atoms with Crippen LogP contribution in [0.25, 0.3) is 0 Å². The third-order valence-electron chi connectivity index (χ3n) is 4.73. The molecule has 4 aliphatic rings. The number of rotatable bonds is 1. The number of nitrogens with zero attached hydrogens (tertiary/aromatic N) is 1. The number of carbonyl (C=O) groups excluding carboxylic acids is 2. The number of amides is 2. The van der Waals surface area contributed by atoms with Crippen LogP contribution in [0.15, 0.2) is 18.2 Å². The van der Waals surface area contributed by atoms with Gasteiger partial charge in [-0.2, -0.15) is 0 Å². The summed E-state index contributed by atoms with van der Waals surface area (Å²) in [5.41, 5.74) is 0.422. The van der Waals surface area contributed by atoms with Crippen molar-refractivity contribution in [3.63, 3.8) is 0 Å². The van der Waals surface area contributed by atoms with E-state index in [4.69, 9.17) is 32.7 Å². The Bertz CT molecular complexity index is 656. The summed E-state index contributed by atoms with van der Waals surface area (Å²) in [6, 6.07) is 4.71. The van der Waals surface area contributed by atoms with Crippen molar-refractivity contribution in [1.29, 1.82) is 0 Å². The lowest BCUT2D eigenvalue weighted by Crippen LogP contribution is -2.35. The summed E-state index contributed by atoms with van der Waals surface area (Å²) in [6.45, 7) is 0. The quantitative estimate of drug-likeness (QED) is 0.582. The Morgan fingerprint density at radius 3 is 1.81 bits per heavy atom. The van der Waals surface area contributed by atoms with Crippen molar-refractivity contribution in [2.24, 2.45) is 11.8 Å². The zero-order valence-corrected chi connectivity index (χ0v) is 12.0. The van der Waals surface area contributed by atoms with E-state index in [-0.39, 0.29) is 36.2 Å². The monoisotopic (exact) mass is 325 g/mol. The highest BCUT2D eigenvalue weighted by Gasteiger charge is 2.75. The minimum Gasteiger partial charge on any atom is -0.368 e. The smallest absolute Gasteiger partial charge is 0.240 e. The van der Waals surface area contributed by atoms with E-state index < -0.39 is 11.8 Å². The first-order valence-corrected chi connectivity index (χ1v) is 7.47. The predicted octanol–water partition coefficient (Wildman–Crippen LogP) is 1.65. The van der Waals surface area contributed by atoms with Crippen LogP contribution in [0.5, 0.6) is 0 Å². The molecule has 5 nitrogen and oxygen atoms in total. The number of imide groups is 1. The van der Waals surface area contributed by atoms with E-state index in [1.165, 1.54) is 4.90 Å². The highest BCUT2D eigenvalue weighted by Crippen LogP contribution is 2.57. The molecule has 0 unspecified atom stereocenters. The van der Waals surface area contributed by atoms with Gasteiger partial charge < -0.3 is 9.47 Å². The van der Waals surface area contributed by atoms with Crippen molar-refractivity contribution in [3.05, 3.63) is 28.2 Å². The van der Waals surface area contributed by atoms with Crippen molar-refractivity contribution in [2.45, 2.75) is 24.4 Å². The standard InChI is InChI=1S/C14H9Cl2NO4/c15-4-1-5(16)3-6(2-4)17-13(18)7-8(14(17)19)10-12-11(21-12)9(7)20-10/h1-3,7-12H/t7-,8+,9-,10+,11-,12+. The summed E-state index contributed by atoms with van der Waals surface area (Å²) in [5.74, 6) is -1.37. The second-order valence-corrected chi connectivity index (χ2v) is 6.69. The van der Waals surface area contributed by atoms with E-state index in [2.05, 4.69) is 0 Å². The lowest BCUT2D eigenvalue weighted by atomic mass is 9.81. The Morgan fingerprint density at radius 2 is 1.29 bits per heavy atom. The fourth-order valence-electron chi connectivity index (χ4n) is 3.91. The summed E-state index contributed by atoms with van der Waals surface area (Å²) >= 11 is 11.9. The van der Waals surface area contributed by atoms with Gasteiger partial charge in [0.2, 0.25) is 11.8 Å². The van der Waals surface area contributed by atoms with Crippen molar-refractivity contribution in [1.82, 2.24) is 0 Å². The minimum absolute atomic E-state index is 0.0177. The predicted molar refractivity (Wildman–Crippen MR) is 73.3 cm³/mol. The molecule has 0 saturated carbocycles. The van der Waals surface area contributed by atoms with Crippen molar-refractivity contribution < 1.29 is 19.1 Å². The van der Waals surface area contributed by atoms with E-state index in [1.54, 1.807) is 18.2 Å². The molecule has 4 saturated heterocycles. The molecule has 2 amide bonds. The zero-order valence-electron chi connectivity index (χ0n) is 10.5. The maximum absolute atomic E-state index is 12.7. The third kappa shape index (κ3) is 1.45. The number of halogens is 2. The molecule has 2 bridgehead atoms. The molecule has 108 valence electrons. The molecular weight excluding hydrogens is 317 g/mol. The first-order chi connectivity index (χ1) is 10.1. The van der Waals surface area contributed by atoms with Crippen LogP contribution in [0.1, 0.15) is 0 Å². The summed E-state index contributed by atoms with van der Waals surface area (Å²) in [5, 5.41) is 0.779. The Hall–Kier alpha value is -1.14. The number of hydrogen-bond donors (Lipinski definition) is 0. The topological polar surface area (TPSA) is 59.1 Å². The number of fused-ring (bicyclic) bond motifs is 8. The molecule has 0 N–H and O–H groups in total. The Labute approximate surface area is 129 Å². The maximum atomic E-state index is 12.7. The van der Waals surface area contributed by atoms with Gasteiger partial charge >= 0.3 is 0 Å². The lowest BCUT2D eigenvalue weighted by molar-refractivity contribution is -0.126. The van der Waals surface area contributed by atoms with Crippen molar-refractivity contribution >= 4 is 40.7 Å². The van der Waals surface area contributed by atoms with Crippen LogP contribution in [0.4, 0.5) is 5.69 Å². The first kappa shape index (κ1) is 12.4. The van der Waals surface area contributed by atoms with Gasteiger partial charge in [-0.25, -0.2) is 4.90 Å². The number of benzene rings is 1. The van der Waals surface area contributed by atoms with E-state index in [1.807, 2.05) is 0 Å². The molecule has 0 aliphatic carbocycles. The average molecular weight is 326 g/mol. The molecule has 4 fully saturated rings. The Morgan fingerprint density at radius 1 is 0.810 bits per heavy atom. The molecule has 1 aromatic carbocycles. The van der Waals surface area contributed by atoms with Gasteiger partial charge in [-0.1, -0.05) is 23.2 Å². The van der Waals surface area contributed by atoms with E-state index in [9.17, 15) is 9.59 Å². The summed E-state index contributed by atoms with van der Waals surface area (Å²) in [7, 11) is 0. The molecule has 1 aromatic rings. The fourth-order valence-corrected chi connectivity index (χ4v) is 4.42. The van der Waals surface area contributed by atoms with E-state index in [0.29, 0.717) is 15.7 Å². The SMILES string of the molecule is O=C1[C@@H]2[C@@H]3O[C@@H]([C@H]4O[C@H]43)[C@@H]2C(=O)N1c1cc(Cl)cc(Cl)c1. The number of anilines is 1. The molecule has 4 heterocycles. The van der Waals surface area contributed by atoms with E-state index >= 15 is 0 Å².